The fraction of sp³-hybridized carbons (Fsp3) is 0.207. The highest BCUT2D eigenvalue weighted by molar-refractivity contribution is 5.92. The van der Waals surface area contributed by atoms with Crippen molar-refractivity contribution in [3.05, 3.63) is 215 Å². The zero-order valence-corrected chi connectivity index (χ0v) is 34.6. The lowest BCUT2D eigenvalue weighted by Crippen LogP contribution is -2.39. The molecule has 1 fully saturated rings. The Morgan fingerprint density at radius 3 is 1.57 bits per heavy atom. The summed E-state index contributed by atoms with van der Waals surface area (Å²) in [6.45, 7) is 4.80. The SMILES string of the molecule is CC1(C)c2ccccc2-c2ccc(N(c3ccccc3)c3cccc4c3C35c6c(cccc6N(c6ccccc6)c6ccc7ccccc7c6)CC3CCCCC5C4)cc21. The van der Waals surface area contributed by atoms with Gasteiger partial charge in [0.05, 0.1) is 11.4 Å². The summed E-state index contributed by atoms with van der Waals surface area (Å²) in [5.41, 5.74) is 19.0. The number of fused-ring (bicyclic) bond motifs is 6. The van der Waals surface area contributed by atoms with E-state index in [1.165, 1.54) is 104 Å². The molecule has 60 heavy (non-hydrogen) atoms. The van der Waals surface area contributed by atoms with E-state index in [1.807, 2.05) is 0 Å². The van der Waals surface area contributed by atoms with Crippen molar-refractivity contribution in [3.63, 3.8) is 0 Å². The number of rotatable bonds is 6. The maximum atomic E-state index is 2.62. The van der Waals surface area contributed by atoms with Crippen LogP contribution in [0.1, 0.15) is 72.9 Å². The van der Waals surface area contributed by atoms with E-state index in [9.17, 15) is 0 Å². The molecule has 1 spiro atoms. The summed E-state index contributed by atoms with van der Waals surface area (Å²) in [4.78, 5) is 5.20. The second-order valence-electron chi connectivity index (χ2n) is 18.4. The van der Waals surface area contributed by atoms with Crippen molar-refractivity contribution in [2.75, 3.05) is 9.80 Å². The molecule has 0 radical (unpaired) electrons. The van der Waals surface area contributed by atoms with Crippen LogP contribution in [0.2, 0.25) is 0 Å². The van der Waals surface area contributed by atoms with E-state index in [-0.39, 0.29) is 10.8 Å². The normalized spacial score (nSPS) is 20.3. The Balaban J connectivity index is 1.12. The molecule has 0 amide bonds. The van der Waals surface area contributed by atoms with E-state index in [0.717, 1.165) is 12.8 Å². The first-order valence-corrected chi connectivity index (χ1v) is 22.2. The molecule has 292 valence electrons. The predicted octanol–water partition coefficient (Wildman–Crippen LogP) is 15.3. The summed E-state index contributed by atoms with van der Waals surface area (Å²) in [5, 5.41) is 2.53. The van der Waals surface area contributed by atoms with Gasteiger partial charge in [-0.1, -0.05) is 148 Å². The minimum absolute atomic E-state index is 0.0952. The van der Waals surface area contributed by atoms with Crippen LogP contribution < -0.4 is 9.80 Å². The molecule has 4 aliphatic rings. The molecule has 0 aliphatic heterocycles. The van der Waals surface area contributed by atoms with E-state index >= 15 is 0 Å². The van der Waals surface area contributed by atoms with Crippen molar-refractivity contribution >= 4 is 44.9 Å². The van der Waals surface area contributed by atoms with Crippen LogP contribution in [0.3, 0.4) is 0 Å². The van der Waals surface area contributed by atoms with Gasteiger partial charge >= 0.3 is 0 Å². The highest BCUT2D eigenvalue weighted by atomic mass is 15.2. The zero-order chi connectivity index (χ0) is 40.0. The number of hydrogen-bond donors (Lipinski definition) is 0. The third kappa shape index (κ3) is 5.13. The molecule has 1 saturated carbocycles. The van der Waals surface area contributed by atoms with Crippen LogP contribution in [0.5, 0.6) is 0 Å². The van der Waals surface area contributed by atoms with Gasteiger partial charge in [-0.3, -0.25) is 0 Å². The Morgan fingerprint density at radius 2 is 0.933 bits per heavy atom. The summed E-state index contributed by atoms with van der Waals surface area (Å²) in [5.74, 6) is 1.03. The molecule has 3 unspecified atom stereocenters. The molecule has 4 aliphatic carbocycles. The fourth-order valence-electron chi connectivity index (χ4n) is 12.6. The quantitative estimate of drug-likeness (QED) is 0.166. The lowest BCUT2D eigenvalue weighted by Gasteiger charge is -2.43. The summed E-state index contributed by atoms with van der Waals surface area (Å²) in [6, 6.07) is 69.0. The third-order valence-corrected chi connectivity index (χ3v) is 15.0. The molecule has 3 atom stereocenters. The molecule has 0 saturated heterocycles. The van der Waals surface area contributed by atoms with Gasteiger partial charge in [0.15, 0.2) is 0 Å². The van der Waals surface area contributed by atoms with Crippen LogP contribution in [0.15, 0.2) is 182 Å². The minimum Gasteiger partial charge on any atom is -0.310 e. The van der Waals surface area contributed by atoms with Gasteiger partial charge in [0.2, 0.25) is 0 Å². The molecular weight excluding hydrogens is 725 g/mol. The Hall–Kier alpha value is -6.38. The molecule has 0 N–H and O–H groups in total. The second kappa shape index (κ2) is 13.6. The van der Waals surface area contributed by atoms with Crippen LogP contribution in [0.25, 0.3) is 21.9 Å². The molecule has 2 heteroatoms. The van der Waals surface area contributed by atoms with Gasteiger partial charge < -0.3 is 9.80 Å². The number of nitrogens with zero attached hydrogens (tertiary/aromatic N) is 2. The first kappa shape index (κ1) is 35.6. The average molecular weight is 775 g/mol. The van der Waals surface area contributed by atoms with Gasteiger partial charge in [0, 0.05) is 33.6 Å². The van der Waals surface area contributed by atoms with Gasteiger partial charge in [0.1, 0.15) is 0 Å². The number of benzene rings is 8. The Bertz CT molecular complexity index is 2940. The molecule has 0 heterocycles. The highest BCUT2D eigenvalue weighted by Gasteiger charge is 2.59. The van der Waals surface area contributed by atoms with Crippen LogP contribution in [0.4, 0.5) is 34.1 Å². The molecular formula is C58H50N2. The molecule has 8 aromatic rings. The van der Waals surface area contributed by atoms with Crippen molar-refractivity contribution < 1.29 is 0 Å². The van der Waals surface area contributed by atoms with Crippen LogP contribution in [0, 0.1) is 11.8 Å². The first-order chi connectivity index (χ1) is 29.5. The van der Waals surface area contributed by atoms with Crippen molar-refractivity contribution in [2.45, 2.75) is 63.2 Å². The largest absolute Gasteiger partial charge is 0.310 e. The predicted molar refractivity (Wildman–Crippen MR) is 251 cm³/mol. The Morgan fingerprint density at radius 1 is 0.417 bits per heavy atom. The van der Waals surface area contributed by atoms with E-state index < -0.39 is 0 Å². The molecule has 2 nitrogen and oxygen atoms in total. The average Bonchev–Trinajstić information content (AvgIpc) is 3.84. The van der Waals surface area contributed by atoms with Gasteiger partial charge in [0.25, 0.3) is 0 Å². The Kier molecular flexibility index (Phi) is 8.05. The summed E-state index contributed by atoms with van der Waals surface area (Å²) >= 11 is 0. The van der Waals surface area contributed by atoms with Gasteiger partial charge in [-0.2, -0.15) is 0 Å². The summed E-state index contributed by atoms with van der Waals surface area (Å²) in [6.07, 6.45) is 7.31. The highest BCUT2D eigenvalue weighted by Crippen LogP contribution is 2.67. The fourth-order valence-corrected chi connectivity index (χ4v) is 12.6. The smallest absolute Gasteiger partial charge is 0.0505 e. The molecule has 12 rings (SSSR count). The zero-order valence-electron chi connectivity index (χ0n) is 34.6. The van der Waals surface area contributed by atoms with Crippen molar-refractivity contribution in [1.82, 2.24) is 0 Å². The molecule has 0 aromatic heterocycles. The van der Waals surface area contributed by atoms with Crippen LogP contribution in [-0.2, 0) is 23.7 Å². The molecule has 8 aromatic carbocycles. The van der Waals surface area contributed by atoms with Gasteiger partial charge in [-0.15, -0.1) is 0 Å². The van der Waals surface area contributed by atoms with E-state index in [2.05, 4.69) is 206 Å². The number of anilines is 6. The number of hydrogen-bond acceptors (Lipinski definition) is 2. The van der Waals surface area contributed by atoms with Crippen LogP contribution >= 0.6 is 0 Å². The van der Waals surface area contributed by atoms with Crippen molar-refractivity contribution in [1.29, 1.82) is 0 Å². The minimum atomic E-state index is -0.141. The lowest BCUT2D eigenvalue weighted by molar-refractivity contribution is 0.258. The maximum absolute atomic E-state index is 2.62. The Labute approximate surface area is 354 Å². The monoisotopic (exact) mass is 774 g/mol. The standard InChI is InChI=1S/C58H50N2/c1-57(2)51-28-14-13-27-49(51)50-34-33-48(38-52(50)57)60(46-25-7-4-8-26-46)54-30-16-20-42-36-44-22-12-11-21-43-35-41-19-15-29-53(55(41)58(43,44)56(42)54)59(45-23-5-3-6-24-45)47-32-31-39-17-9-10-18-40(39)37-47/h3-10,13-20,23-34,37-38,43-44H,11-12,21-22,35-36H2,1-2H3. The summed E-state index contributed by atoms with van der Waals surface area (Å²) < 4.78 is 0. The second-order valence-corrected chi connectivity index (χ2v) is 18.4. The van der Waals surface area contributed by atoms with E-state index in [1.54, 1.807) is 11.1 Å². The van der Waals surface area contributed by atoms with E-state index in [0.29, 0.717) is 11.8 Å². The lowest BCUT2D eigenvalue weighted by atomic mass is 9.63. The summed E-state index contributed by atoms with van der Waals surface area (Å²) in [7, 11) is 0. The van der Waals surface area contributed by atoms with Gasteiger partial charge in [-0.05, 0) is 153 Å². The van der Waals surface area contributed by atoms with Crippen molar-refractivity contribution in [2.24, 2.45) is 11.8 Å². The van der Waals surface area contributed by atoms with Gasteiger partial charge in [-0.25, -0.2) is 0 Å². The van der Waals surface area contributed by atoms with Crippen LogP contribution in [-0.4, -0.2) is 0 Å². The van der Waals surface area contributed by atoms with Crippen molar-refractivity contribution in [3.8, 4) is 11.1 Å². The maximum Gasteiger partial charge on any atom is 0.0505 e. The van der Waals surface area contributed by atoms with E-state index in [4.69, 9.17) is 0 Å². The number of para-hydroxylation sites is 2. The first-order valence-electron chi connectivity index (χ1n) is 22.2. The topological polar surface area (TPSA) is 6.48 Å². The molecule has 0 bridgehead atoms. The third-order valence-electron chi connectivity index (χ3n) is 15.0.